The van der Waals surface area contributed by atoms with Gasteiger partial charge < -0.3 is 31.9 Å². The monoisotopic (exact) mass is 624 g/mol. The van der Waals surface area contributed by atoms with Gasteiger partial charge in [-0.15, -0.1) is 0 Å². The van der Waals surface area contributed by atoms with Crippen LogP contribution in [0.5, 0.6) is 0 Å². The van der Waals surface area contributed by atoms with Gasteiger partial charge in [0.1, 0.15) is 12.1 Å². The van der Waals surface area contributed by atoms with Gasteiger partial charge in [-0.2, -0.15) is 0 Å². The maximum absolute atomic E-state index is 14.3. The number of fused-ring (bicyclic) bond motifs is 1. The van der Waals surface area contributed by atoms with E-state index < -0.39 is 24.0 Å². The fraction of sp³-hybridized carbons (Fsp3) is 0.389. The van der Waals surface area contributed by atoms with Crippen molar-refractivity contribution in [2.24, 2.45) is 11.7 Å². The van der Waals surface area contributed by atoms with Crippen LogP contribution in [0.1, 0.15) is 61.8 Å². The molecule has 6 N–H and O–H groups in total. The average Bonchev–Trinajstić information content (AvgIpc) is 3.48. The molecule has 5 amide bonds. The Hall–Kier alpha value is -4.70. The van der Waals surface area contributed by atoms with Gasteiger partial charge >= 0.3 is 6.03 Å². The molecule has 0 spiro atoms. The largest absolute Gasteiger partial charge is 0.343 e. The SMILES string of the molecule is CC[C@H](N)C(=O)N[C@@H]1C(=O)N2[C@@H](CC[C@@H]1CNC(=O)NCc1ccccc1)CC[C@H]2C(=O)NC(c1ccccc1)c1ccccc1. The van der Waals surface area contributed by atoms with E-state index in [1.165, 1.54) is 0 Å². The van der Waals surface area contributed by atoms with Crippen LogP contribution in [-0.2, 0) is 20.9 Å². The first kappa shape index (κ1) is 32.7. The highest BCUT2D eigenvalue weighted by atomic mass is 16.2. The van der Waals surface area contributed by atoms with Crippen molar-refractivity contribution < 1.29 is 19.2 Å². The van der Waals surface area contributed by atoms with E-state index in [1.807, 2.05) is 97.9 Å². The van der Waals surface area contributed by atoms with Crippen molar-refractivity contribution in [1.29, 1.82) is 0 Å². The van der Waals surface area contributed by atoms with Crippen LogP contribution in [0.15, 0.2) is 91.0 Å². The van der Waals surface area contributed by atoms with Gasteiger partial charge in [0.05, 0.1) is 12.1 Å². The number of rotatable bonds is 11. The second kappa shape index (κ2) is 15.5. The Labute approximate surface area is 270 Å². The third-order valence-corrected chi connectivity index (χ3v) is 9.12. The highest BCUT2D eigenvalue weighted by Crippen LogP contribution is 2.35. The van der Waals surface area contributed by atoms with Crippen molar-refractivity contribution in [3.8, 4) is 0 Å². The fourth-order valence-corrected chi connectivity index (χ4v) is 6.49. The van der Waals surface area contributed by atoms with Crippen molar-refractivity contribution in [2.45, 2.75) is 75.8 Å². The van der Waals surface area contributed by atoms with Crippen LogP contribution < -0.4 is 27.0 Å². The standard InChI is InChI=1S/C36H44N6O4/c1-2-29(37)33(43)41-32-27(23-39-36(46)38-22-24-12-6-3-7-13-24)18-19-28-20-21-30(42(28)35(32)45)34(44)40-31(25-14-8-4-9-15-25)26-16-10-5-11-17-26/h3-17,27-32H,2,18-23,37H2,1H3,(H,40,44)(H,41,43)(H2,38,39,46)/t27-,28+,29+,30+,32+/m1/s1. The highest BCUT2D eigenvalue weighted by molar-refractivity contribution is 5.94. The Morgan fingerprint density at radius 1 is 0.826 bits per heavy atom. The molecule has 46 heavy (non-hydrogen) atoms. The van der Waals surface area contributed by atoms with Crippen LogP contribution in [0.25, 0.3) is 0 Å². The molecule has 0 saturated carbocycles. The number of nitrogens with one attached hydrogen (secondary N) is 4. The zero-order chi connectivity index (χ0) is 32.5. The molecule has 2 saturated heterocycles. The average molecular weight is 625 g/mol. The van der Waals surface area contributed by atoms with Gasteiger partial charge in [-0.25, -0.2) is 4.79 Å². The molecule has 2 aliphatic heterocycles. The predicted molar refractivity (Wildman–Crippen MR) is 176 cm³/mol. The summed E-state index contributed by atoms with van der Waals surface area (Å²) in [5.74, 6) is -1.35. The van der Waals surface area contributed by atoms with Crippen LogP contribution in [0.2, 0.25) is 0 Å². The Morgan fingerprint density at radius 3 is 2.02 bits per heavy atom. The molecule has 10 nitrogen and oxygen atoms in total. The lowest BCUT2D eigenvalue weighted by atomic mass is 9.92. The molecule has 242 valence electrons. The Morgan fingerprint density at radius 2 is 1.41 bits per heavy atom. The molecule has 3 aromatic rings. The summed E-state index contributed by atoms with van der Waals surface area (Å²) in [7, 11) is 0. The maximum atomic E-state index is 14.3. The third-order valence-electron chi connectivity index (χ3n) is 9.12. The summed E-state index contributed by atoms with van der Waals surface area (Å²) in [6.45, 7) is 2.35. The number of carbonyl (C=O) groups excluding carboxylic acids is 4. The Kier molecular flexibility index (Phi) is 11.0. The molecule has 2 fully saturated rings. The number of hydrogen-bond acceptors (Lipinski definition) is 5. The van der Waals surface area contributed by atoms with Crippen molar-refractivity contribution >= 4 is 23.8 Å². The first-order valence-electron chi connectivity index (χ1n) is 16.2. The van der Waals surface area contributed by atoms with Gasteiger partial charge in [-0.05, 0) is 48.8 Å². The fourth-order valence-electron chi connectivity index (χ4n) is 6.49. The number of urea groups is 1. The number of amides is 5. The minimum Gasteiger partial charge on any atom is -0.343 e. The summed E-state index contributed by atoms with van der Waals surface area (Å²) < 4.78 is 0. The summed E-state index contributed by atoms with van der Waals surface area (Å²) in [6.07, 6.45) is 2.86. The molecule has 2 heterocycles. The molecular formula is C36H44N6O4. The normalized spacial score (nSPS) is 21.5. The van der Waals surface area contributed by atoms with E-state index in [0.29, 0.717) is 38.6 Å². The van der Waals surface area contributed by atoms with E-state index in [1.54, 1.807) is 4.90 Å². The van der Waals surface area contributed by atoms with Crippen LogP contribution in [0.4, 0.5) is 4.79 Å². The number of benzene rings is 3. The molecule has 0 unspecified atom stereocenters. The number of nitrogens with two attached hydrogens (primary N) is 1. The number of carbonyl (C=O) groups is 4. The molecule has 0 aromatic heterocycles. The van der Waals surface area contributed by atoms with Gasteiger partial charge in [-0.1, -0.05) is 97.9 Å². The van der Waals surface area contributed by atoms with E-state index in [9.17, 15) is 19.2 Å². The molecule has 10 heteroatoms. The molecule has 0 radical (unpaired) electrons. The van der Waals surface area contributed by atoms with Gasteiger partial charge in [0.2, 0.25) is 17.7 Å². The van der Waals surface area contributed by atoms with E-state index >= 15 is 0 Å². The number of nitrogens with zero attached hydrogens (tertiary/aromatic N) is 1. The van der Waals surface area contributed by atoms with Crippen LogP contribution in [0.3, 0.4) is 0 Å². The summed E-state index contributed by atoms with van der Waals surface area (Å²) in [4.78, 5) is 55.8. The molecule has 2 aliphatic rings. The summed E-state index contributed by atoms with van der Waals surface area (Å²) in [6, 6.07) is 25.8. The van der Waals surface area contributed by atoms with Crippen molar-refractivity contribution in [3.05, 3.63) is 108 Å². The van der Waals surface area contributed by atoms with Crippen LogP contribution in [-0.4, -0.2) is 59.4 Å². The van der Waals surface area contributed by atoms with E-state index in [-0.39, 0.29) is 42.4 Å². The summed E-state index contributed by atoms with van der Waals surface area (Å²) >= 11 is 0. The van der Waals surface area contributed by atoms with Gasteiger partial charge in [0, 0.05) is 25.0 Å². The smallest absolute Gasteiger partial charge is 0.315 e. The lowest BCUT2D eigenvalue weighted by molar-refractivity contribution is -0.143. The first-order valence-corrected chi connectivity index (χ1v) is 16.2. The zero-order valence-electron chi connectivity index (χ0n) is 26.2. The molecular weight excluding hydrogens is 580 g/mol. The lowest BCUT2D eigenvalue weighted by Crippen LogP contribution is -2.59. The predicted octanol–water partition coefficient (Wildman–Crippen LogP) is 3.38. The quantitative estimate of drug-likeness (QED) is 0.222. The van der Waals surface area contributed by atoms with Crippen LogP contribution >= 0.6 is 0 Å². The summed E-state index contributed by atoms with van der Waals surface area (Å²) in [5, 5.41) is 11.9. The van der Waals surface area contributed by atoms with Gasteiger partial charge in [0.15, 0.2) is 0 Å². The Balaban J connectivity index is 1.32. The highest BCUT2D eigenvalue weighted by Gasteiger charge is 2.48. The molecule has 0 aliphatic carbocycles. The van der Waals surface area contributed by atoms with E-state index in [4.69, 9.17) is 5.73 Å². The topological polar surface area (TPSA) is 146 Å². The molecule has 0 bridgehead atoms. The Bertz CT molecular complexity index is 1430. The summed E-state index contributed by atoms with van der Waals surface area (Å²) in [5.41, 5.74) is 8.89. The van der Waals surface area contributed by atoms with E-state index in [0.717, 1.165) is 16.7 Å². The first-order chi connectivity index (χ1) is 22.4. The van der Waals surface area contributed by atoms with Crippen molar-refractivity contribution in [2.75, 3.05) is 6.54 Å². The van der Waals surface area contributed by atoms with Gasteiger partial charge in [-0.3, -0.25) is 14.4 Å². The van der Waals surface area contributed by atoms with Gasteiger partial charge in [0.25, 0.3) is 0 Å². The van der Waals surface area contributed by atoms with Crippen molar-refractivity contribution in [1.82, 2.24) is 26.2 Å². The van der Waals surface area contributed by atoms with E-state index in [2.05, 4.69) is 21.3 Å². The van der Waals surface area contributed by atoms with Crippen molar-refractivity contribution in [3.63, 3.8) is 0 Å². The lowest BCUT2D eigenvalue weighted by Gasteiger charge is -2.33. The second-order valence-corrected chi connectivity index (χ2v) is 12.1. The third kappa shape index (κ3) is 7.92. The molecule has 5 atom stereocenters. The number of hydrogen-bond donors (Lipinski definition) is 5. The maximum Gasteiger partial charge on any atom is 0.315 e. The molecule has 5 rings (SSSR count). The minimum absolute atomic E-state index is 0.147. The molecule has 3 aromatic carbocycles. The second-order valence-electron chi connectivity index (χ2n) is 12.1. The van der Waals surface area contributed by atoms with Crippen LogP contribution in [0, 0.1) is 5.92 Å². The minimum atomic E-state index is -0.933. The zero-order valence-corrected chi connectivity index (χ0v) is 26.2.